The highest BCUT2D eigenvalue weighted by molar-refractivity contribution is 8.22. The van der Waals surface area contributed by atoms with Gasteiger partial charge in [-0.1, -0.05) is 42.5 Å². The molecule has 0 unspecified atom stereocenters. The molecule has 0 amide bonds. The van der Waals surface area contributed by atoms with Crippen LogP contribution >= 0.6 is 24.0 Å². The Labute approximate surface area is 89.1 Å². The van der Waals surface area contributed by atoms with E-state index in [0.29, 0.717) is 0 Å². The van der Waals surface area contributed by atoms with E-state index >= 15 is 0 Å². The minimum Gasteiger partial charge on any atom is -0.356 e. The molecule has 0 aliphatic rings. The summed E-state index contributed by atoms with van der Waals surface area (Å²) in [6, 6.07) is 10.3. The topological polar surface area (TPSA) is 3.24 Å². The molecule has 0 spiro atoms. The summed E-state index contributed by atoms with van der Waals surface area (Å²) in [6.45, 7) is 0.889. The van der Waals surface area contributed by atoms with Crippen molar-refractivity contribution in [3.63, 3.8) is 0 Å². The summed E-state index contributed by atoms with van der Waals surface area (Å²) in [7, 11) is 2.02. The fraction of sp³-hybridized carbons (Fsp3) is 0.300. The first kappa shape index (κ1) is 10.5. The van der Waals surface area contributed by atoms with E-state index in [1.54, 1.807) is 11.8 Å². The van der Waals surface area contributed by atoms with E-state index in [9.17, 15) is 0 Å². The van der Waals surface area contributed by atoms with E-state index in [2.05, 4.69) is 17.0 Å². The smallest absolute Gasteiger partial charge is 0.136 e. The summed E-state index contributed by atoms with van der Waals surface area (Å²) < 4.78 is 0.934. The van der Waals surface area contributed by atoms with Gasteiger partial charge in [-0.2, -0.15) is 0 Å². The van der Waals surface area contributed by atoms with E-state index in [1.807, 2.05) is 31.5 Å². The lowest BCUT2D eigenvalue weighted by atomic mass is 10.2. The van der Waals surface area contributed by atoms with Crippen LogP contribution in [0.25, 0.3) is 0 Å². The lowest BCUT2D eigenvalue weighted by Crippen LogP contribution is -2.21. The molecular weight excluding hydrogens is 198 g/mol. The van der Waals surface area contributed by atoms with Crippen molar-refractivity contribution in [1.82, 2.24) is 4.90 Å². The highest BCUT2D eigenvalue weighted by Gasteiger charge is 2.02. The van der Waals surface area contributed by atoms with Crippen molar-refractivity contribution >= 4 is 28.3 Å². The zero-order valence-corrected chi connectivity index (χ0v) is 9.49. The van der Waals surface area contributed by atoms with Gasteiger partial charge in [-0.3, -0.25) is 0 Å². The molecule has 0 saturated heterocycles. The average Bonchev–Trinajstić information content (AvgIpc) is 2.18. The SMILES string of the molecule is CSC(=S)N(C)Cc1ccccc1. The zero-order chi connectivity index (χ0) is 9.68. The maximum atomic E-state index is 5.17. The first-order chi connectivity index (χ1) is 6.24. The molecule has 0 heterocycles. The van der Waals surface area contributed by atoms with Crippen molar-refractivity contribution in [1.29, 1.82) is 0 Å². The lowest BCUT2D eigenvalue weighted by Gasteiger charge is -2.18. The summed E-state index contributed by atoms with van der Waals surface area (Å²) >= 11 is 6.78. The summed E-state index contributed by atoms with van der Waals surface area (Å²) in [5.74, 6) is 0. The van der Waals surface area contributed by atoms with Gasteiger partial charge in [0.25, 0.3) is 0 Å². The third-order valence-corrected chi connectivity index (χ3v) is 3.22. The Morgan fingerprint density at radius 1 is 1.38 bits per heavy atom. The molecule has 13 heavy (non-hydrogen) atoms. The molecule has 0 aliphatic heterocycles. The second kappa shape index (κ2) is 5.25. The average molecular weight is 211 g/mol. The number of benzene rings is 1. The maximum absolute atomic E-state index is 5.17. The van der Waals surface area contributed by atoms with Crippen LogP contribution < -0.4 is 0 Å². The van der Waals surface area contributed by atoms with Gasteiger partial charge < -0.3 is 4.90 Å². The fourth-order valence-electron chi connectivity index (χ4n) is 1.08. The normalized spacial score (nSPS) is 9.69. The molecule has 0 N–H and O–H groups in total. The van der Waals surface area contributed by atoms with Crippen LogP contribution in [0.2, 0.25) is 0 Å². The molecular formula is C10H13NS2. The summed E-state index contributed by atoms with van der Waals surface area (Å²) in [5, 5.41) is 0. The van der Waals surface area contributed by atoms with Crippen LogP contribution in [0.15, 0.2) is 30.3 Å². The highest BCUT2D eigenvalue weighted by Crippen LogP contribution is 2.08. The Kier molecular flexibility index (Phi) is 4.25. The molecule has 1 nitrogen and oxygen atoms in total. The Hall–Kier alpha value is -0.540. The molecule has 0 aromatic heterocycles. The van der Waals surface area contributed by atoms with Crippen molar-refractivity contribution in [3.05, 3.63) is 35.9 Å². The summed E-state index contributed by atoms with van der Waals surface area (Å²) in [5.41, 5.74) is 1.29. The molecule has 0 bridgehead atoms. The maximum Gasteiger partial charge on any atom is 0.136 e. The Balaban J connectivity index is 2.55. The molecule has 0 fully saturated rings. The molecule has 0 atom stereocenters. The van der Waals surface area contributed by atoms with Gasteiger partial charge >= 0.3 is 0 Å². The third kappa shape index (κ3) is 3.36. The summed E-state index contributed by atoms with van der Waals surface area (Å²) in [4.78, 5) is 2.08. The van der Waals surface area contributed by atoms with E-state index in [-0.39, 0.29) is 0 Å². The van der Waals surface area contributed by atoms with Crippen LogP contribution in [0, 0.1) is 0 Å². The number of nitrogens with zero attached hydrogens (tertiary/aromatic N) is 1. The Morgan fingerprint density at radius 2 is 2.00 bits per heavy atom. The fourth-order valence-corrected chi connectivity index (χ4v) is 1.52. The molecule has 0 aliphatic carbocycles. The van der Waals surface area contributed by atoms with Crippen molar-refractivity contribution in [2.24, 2.45) is 0 Å². The molecule has 1 aromatic carbocycles. The Morgan fingerprint density at radius 3 is 2.54 bits per heavy atom. The van der Waals surface area contributed by atoms with Crippen LogP contribution in [0.1, 0.15) is 5.56 Å². The van der Waals surface area contributed by atoms with E-state index in [1.165, 1.54) is 5.56 Å². The minimum atomic E-state index is 0.889. The monoisotopic (exact) mass is 211 g/mol. The Bertz CT molecular complexity index is 272. The van der Waals surface area contributed by atoms with E-state index in [0.717, 1.165) is 10.9 Å². The quantitative estimate of drug-likeness (QED) is 0.693. The van der Waals surface area contributed by atoms with Crippen LogP contribution in [0.3, 0.4) is 0 Å². The predicted octanol–water partition coefficient (Wildman–Crippen LogP) is 2.77. The van der Waals surface area contributed by atoms with Gasteiger partial charge in [-0.15, -0.1) is 11.8 Å². The molecule has 1 aromatic rings. The number of rotatable bonds is 2. The van der Waals surface area contributed by atoms with Crippen molar-refractivity contribution in [2.75, 3.05) is 13.3 Å². The molecule has 3 heteroatoms. The molecule has 0 radical (unpaired) electrons. The number of thioether (sulfide) groups is 1. The first-order valence-electron chi connectivity index (χ1n) is 4.07. The highest BCUT2D eigenvalue weighted by atomic mass is 32.2. The molecule has 0 saturated carbocycles. The van der Waals surface area contributed by atoms with E-state index in [4.69, 9.17) is 12.2 Å². The number of hydrogen-bond acceptors (Lipinski definition) is 2. The van der Waals surface area contributed by atoms with Gasteiger partial charge in [0.05, 0.1) is 0 Å². The van der Waals surface area contributed by atoms with E-state index < -0.39 is 0 Å². The van der Waals surface area contributed by atoms with Gasteiger partial charge in [-0.05, 0) is 11.8 Å². The van der Waals surface area contributed by atoms with Gasteiger partial charge in [0.15, 0.2) is 0 Å². The second-order valence-electron chi connectivity index (χ2n) is 2.81. The lowest BCUT2D eigenvalue weighted by molar-refractivity contribution is 0.519. The largest absolute Gasteiger partial charge is 0.356 e. The van der Waals surface area contributed by atoms with Crippen LogP contribution in [-0.2, 0) is 6.54 Å². The standard InChI is InChI=1S/C10H13NS2/c1-11(10(12)13-2)8-9-6-4-3-5-7-9/h3-7H,8H2,1-2H3. The second-order valence-corrected chi connectivity index (χ2v) is 4.25. The van der Waals surface area contributed by atoms with Gasteiger partial charge in [0.2, 0.25) is 0 Å². The van der Waals surface area contributed by atoms with Crippen LogP contribution in [-0.4, -0.2) is 22.5 Å². The van der Waals surface area contributed by atoms with Crippen LogP contribution in [0.5, 0.6) is 0 Å². The first-order valence-corrected chi connectivity index (χ1v) is 5.70. The summed E-state index contributed by atoms with van der Waals surface area (Å²) in [6.07, 6.45) is 2.00. The number of thiocarbonyl (C=S) groups is 1. The van der Waals surface area contributed by atoms with Crippen LogP contribution in [0.4, 0.5) is 0 Å². The third-order valence-electron chi connectivity index (χ3n) is 1.75. The number of hydrogen-bond donors (Lipinski definition) is 0. The zero-order valence-electron chi connectivity index (χ0n) is 7.86. The molecule has 1 rings (SSSR count). The molecule has 70 valence electrons. The van der Waals surface area contributed by atoms with Crippen molar-refractivity contribution in [3.8, 4) is 0 Å². The van der Waals surface area contributed by atoms with Gasteiger partial charge in [0.1, 0.15) is 4.32 Å². The van der Waals surface area contributed by atoms with Crippen molar-refractivity contribution < 1.29 is 0 Å². The van der Waals surface area contributed by atoms with Gasteiger partial charge in [-0.25, -0.2) is 0 Å². The minimum absolute atomic E-state index is 0.889. The predicted molar refractivity (Wildman–Crippen MR) is 64.0 cm³/mol. The van der Waals surface area contributed by atoms with Gasteiger partial charge in [0, 0.05) is 13.6 Å². The van der Waals surface area contributed by atoms with Crippen molar-refractivity contribution in [2.45, 2.75) is 6.54 Å².